The van der Waals surface area contributed by atoms with Gasteiger partial charge in [0.05, 0.1) is 0 Å². The van der Waals surface area contributed by atoms with Crippen LogP contribution in [0, 0.1) is 5.92 Å². The van der Waals surface area contributed by atoms with Crippen LogP contribution in [0.4, 0.5) is 0 Å². The Hall–Kier alpha value is -0.280. The van der Waals surface area contributed by atoms with Crippen molar-refractivity contribution in [3.05, 3.63) is 33.8 Å². The van der Waals surface area contributed by atoms with Gasteiger partial charge in [-0.15, -0.1) is 0 Å². The first-order chi connectivity index (χ1) is 8.70. The lowest BCUT2D eigenvalue weighted by atomic mass is 10.1. The van der Waals surface area contributed by atoms with Crippen LogP contribution in [0.3, 0.4) is 0 Å². The Morgan fingerprint density at radius 1 is 1.33 bits per heavy atom. The summed E-state index contributed by atoms with van der Waals surface area (Å²) in [6, 6.07) is 5.70. The third-order valence-electron chi connectivity index (χ3n) is 3.45. The van der Waals surface area contributed by atoms with E-state index in [9.17, 15) is 0 Å². The lowest BCUT2D eigenvalue weighted by molar-refractivity contribution is 0.512. The standard InChI is InChI=1S/C14H20Cl2N2/c15-11-5-6-12(13(16)8-11)14(9-17)18-7-1-2-10-3-4-10/h5-6,8,10,14,18H,1-4,7,9,17H2. The van der Waals surface area contributed by atoms with Crippen LogP contribution in [-0.2, 0) is 0 Å². The summed E-state index contributed by atoms with van der Waals surface area (Å²) in [6.45, 7) is 1.54. The SMILES string of the molecule is NCC(NCCCC1CC1)c1ccc(Cl)cc1Cl. The highest BCUT2D eigenvalue weighted by atomic mass is 35.5. The summed E-state index contributed by atoms with van der Waals surface area (Å²) in [5.41, 5.74) is 6.85. The Morgan fingerprint density at radius 3 is 2.72 bits per heavy atom. The van der Waals surface area contributed by atoms with Gasteiger partial charge in [-0.2, -0.15) is 0 Å². The van der Waals surface area contributed by atoms with Crippen LogP contribution in [0.5, 0.6) is 0 Å². The lowest BCUT2D eigenvalue weighted by Crippen LogP contribution is -2.29. The molecule has 18 heavy (non-hydrogen) atoms. The molecule has 1 saturated carbocycles. The van der Waals surface area contributed by atoms with E-state index >= 15 is 0 Å². The highest BCUT2D eigenvalue weighted by Gasteiger charge is 2.20. The maximum absolute atomic E-state index is 6.20. The van der Waals surface area contributed by atoms with Crippen molar-refractivity contribution in [1.29, 1.82) is 0 Å². The second-order valence-corrected chi connectivity index (χ2v) is 5.84. The van der Waals surface area contributed by atoms with E-state index in [1.54, 1.807) is 6.07 Å². The van der Waals surface area contributed by atoms with E-state index < -0.39 is 0 Å². The van der Waals surface area contributed by atoms with Gasteiger partial charge in [0.2, 0.25) is 0 Å². The van der Waals surface area contributed by atoms with Crippen LogP contribution in [0.1, 0.15) is 37.3 Å². The average Bonchev–Trinajstić information content (AvgIpc) is 3.15. The molecule has 0 aromatic heterocycles. The number of halogens is 2. The van der Waals surface area contributed by atoms with Gasteiger partial charge in [0, 0.05) is 22.6 Å². The molecule has 0 radical (unpaired) electrons. The molecular weight excluding hydrogens is 267 g/mol. The fraction of sp³-hybridized carbons (Fsp3) is 0.571. The van der Waals surface area contributed by atoms with Crippen molar-refractivity contribution in [2.75, 3.05) is 13.1 Å². The summed E-state index contributed by atoms with van der Waals surface area (Å²) >= 11 is 12.1. The number of hydrogen-bond acceptors (Lipinski definition) is 2. The molecule has 3 N–H and O–H groups in total. The van der Waals surface area contributed by atoms with Gasteiger partial charge in [0.1, 0.15) is 0 Å². The Bertz CT molecular complexity index is 391. The van der Waals surface area contributed by atoms with Crippen molar-refractivity contribution in [3.8, 4) is 0 Å². The summed E-state index contributed by atoms with van der Waals surface area (Å²) in [5.74, 6) is 0.988. The molecule has 1 fully saturated rings. The van der Waals surface area contributed by atoms with Crippen molar-refractivity contribution in [1.82, 2.24) is 5.32 Å². The predicted octanol–water partition coefficient (Wildman–Crippen LogP) is 3.77. The molecule has 1 aliphatic rings. The minimum atomic E-state index is 0.119. The van der Waals surface area contributed by atoms with Crippen molar-refractivity contribution < 1.29 is 0 Å². The molecule has 1 aromatic carbocycles. The van der Waals surface area contributed by atoms with E-state index in [1.165, 1.54) is 25.7 Å². The van der Waals surface area contributed by atoms with Gasteiger partial charge in [-0.3, -0.25) is 0 Å². The molecule has 0 saturated heterocycles. The summed E-state index contributed by atoms with van der Waals surface area (Å²) in [4.78, 5) is 0. The van der Waals surface area contributed by atoms with Crippen LogP contribution in [0.25, 0.3) is 0 Å². The van der Waals surface area contributed by atoms with Gasteiger partial charge in [-0.1, -0.05) is 42.1 Å². The van der Waals surface area contributed by atoms with Gasteiger partial charge < -0.3 is 11.1 Å². The molecule has 0 aliphatic heterocycles. The third kappa shape index (κ3) is 4.13. The van der Waals surface area contributed by atoms with Crippen LogP contribution in [0.2, 0.25) is 10.0 Å². The second kappa shape index (κ2) is 6.76. The Balaban J connectivity index is 1.85. The fourth-order valence-corrected chi connectivity index (χ4v) is 2.72. The first kappa shape index (κ1) is 14.1. The Morgan fingerprint density at radius 2 is 2.11 bits per heavy atom. The van der Waals surface area contributed by atoms with Crippen molar-refractivity contribution in [3.63, 3.8) is 0 Å². The molecule has 0 spiro atoms. The molecule has 0 amide bonds. The quantitative estimate of drug-likeness (QED) is 0.749. The molecule has 0 bridgehead atoms. The monoisotopic (exact) mass is 286 g/mol. The molecule has 1 aliphatic carbocycles. The first-order valence-electron chi connectivity index (χ1n) is 6.59. The van der Waals surface area contributed by atoms with Gasteiger partial charge in [0.15, 0.2) is 0 Å². The minimum Gasteiger partial charge on any atom is -0.329 e. The molecule has 1 aromatic rings. The van der Waals surface area contributed by atoms with Crippen LogP contribution in [0.15, 0.2) is 18.2 Å². The number of benzene rings is 1. The zero-order chi connectivity index (χ0) is 13.0. The maximum Gasteiger partial charge on any atom is 0.0469 e. The summed E-state index contributed by atoms with van der Waals surface area (Å²) in [7, 11) is 0. The number of nitrogens with two attached hydrogens (primary N) is 1. The zero-order valence-corrected chi connectivity index (χ0v) is 12.0. The molecule has 100 valence electrons. The summed E-state index contributed by atoms with van der Waals surface area (Å²) in [5, 5.41) is 4.82. The second-order valence-electron chi connectivity index (χ2n) is 4.99. The highest BCUT2D eigenvalue weighted by Crippen LogP contribution is 2.33. The summed E-state index contributed by atoms with van der Waals surface area (Å²) in [6.07, 6.45) is 5.39. The zero-order valence-electron chi connectivity index (χ0n) is 10.5. The average molecular weight is 287 g/mol. The molecular formula is C14H20Cl2N2. The van der Waals surface area contributed by atoms with Gasteiger partial charge in [0.25, 0.3) is 0 Å². The highest BCUT2D eigenvalue weighted by molar-refractivity contribution is 6.35. The molecule has 1 unspecified atom stereocenters. The first-order valence-corrected chi connectivity index (χ1v) is 7.34. The van der Waals surface area contributed by atoms with E-state index in [-0.39, 0.29) is 6.04 Å². The van der Waals surface area contributed by atoms with Crippen LogP contribution < -0.4 is 11.1 Å². The summed E-state index contributed by atoms with van der Waals surface area (Å²) < 4.78 is 0. The maximum atomic E-state index is 6.20. The van der Waals surface area contributed by atoms with Gasteiger partial charge in [-0.25, -0.2) is 0 Å². The predicted molar refractivity (Wildman–Crippen MR) is 78.2 cm³/mol. The lowest BCUT2D eigenvalue weighted by Gasteiger charge is -2.18. The van der Waals surface area contributed by atoms with Crippen LogP contribution >= 0.6 is 23.2 Å². The number of hydrogen-bond donors (Lipinski definition) is 2. The van der Waals surface area contributed by atoms with E-state index in [1.807, 2.05) is 12.1 Å². The van der Waals surface area contributed by atoms with Gasteiger partial charge >= 0.3 is 0 Å². The molecule has 2 nitrogen and oxygen atoms in total. The van der Waals surface area contributed by atoms with E-state index in [0.29, 0.717) is 16.6 Å². The minimum absolute atomic E-state index is 0.119. The van der Waals surface area contributed by atoms with Crippen LogP contribution in [-0.4, -0.2) is 13.1 Å². The topological polar surface area (TPSA) is 38.0 Å². The van der Waals surface area contributed by atoms with Crippen molar-refractivity contribution >= 4 is 23.2 Å². The van der Waals surface area contributed by atoms with Gasteiger partial charge in [-0.05, 0) is 43.0 Å². The Kier molecular flexibility index (Phi) is 5.31. The Labute approximate surface area is 119 Å². The number of rotatable bonds is 7. The van der Waals surface area contributed by atoms with E-state index in [2.05, 4.69) is 5.32 Å². The van der Waals surface area contributed by atoms with E-state index in [4.69, 9.17) is 28.9 Å². The normalized spacial score (nSPS) is 16.8. The van der Waals surface area contributed by atoms with Crippen molar-refractivity contribution in [2.24, 2.45) is 11.7 Å². The smallest absolute Gasteiger partial charge is 0.0469 e. The largest absolute Gasteiger partial charge is 0.329 e. The molecule has 0 heterocycles. The number of nitrogens with one attached hydrogen (secondary N) is 1. The van der Waals surface area contributed by atoms with Crippen molar-refractivity contribution in [2.45, 2.75) is 31.7 Å². The van der Waals surface area contributed by atoms with E-state index in [0.717, 1.165) is 18.0 Å². The molecule has 2 rings (SSSR count). The fourth-order valence-electron chi connectivity index (χ4n) is 2.18. The molecule has 1 atom stereocenters. The third-order valence-corrected chi connectivity index (χ3v) is 4.01. The molecule has 4 heteroatoms.